The number of nitrogens with one attached hydrogen (secondary N) is 1. The highest BCUT2D eigenvalue weighted by molar-refractivity contribution is 5.78. The molecule has 3 N–H and O–H groups in total. The van der Waals surface area contributed by atoms with Gasteiger partial charge in [0.2, 0.25) is 5.95 Å². The molecule has 0 aliphatic carbocycles. The number of anilines is 1. The zero-order valence-electron chi connectivity index (χ0n) is 8.25. The van der Waals surface area contributed by atoms with Gasteiger partial charge in [0.05, 0.1) is 16.7 Å². The smallest absolute Gasteiger partial charge is 0.220 e. The van der Waals surface area contributed by atoms with Gasteiger partial charge in [-0.2, -0.15) is 0 Å². The lowest BCUT2D eigenvalue weighted by atomic mass is 10.2. The summed E-state index contributed by atoms with van der Waals surface area (Å²) in [6.07, 6.45) is 5.12. The van der Waals surface area contributed by atoms with Crippen LogP contribution in [-0.2, 0) is 6.42 Å². The van der Waals surface area contributed by atoms with Crippen molar-refractivity contribution in [3.8, 4) is 0 Å². The predicted molar refractivity (Wildman–Crippen MR) is 56.9 cm³/mol. The Hall–Kier alpha value is -1.58. The zero-order chi connectivity index (χ0) is 9.97. The molecule has 4 nitrogen and oxygen atoms in total. The number of aromatic nitrogens is 3. The number of fused-ring (bicyclic) bond motifs is 1. The summed E-state index contributed by atoms with van der Waals surface area (Å²) in [5.74, 6) is 0.364. The summed E-state index contributed by atoms with van der Waals surface area (Å²) in [6.45, 7) is 2.16. The van der Waals surface area contributed by atoms with Gasteiger partial charge in [-0.05, 0) is 18.9 Å². The van der Waals surface area contributed by atoms with Gasteiger partial charge >= 0.3 is 0 Å². The van der Waals surface area contributed by atoms with Crippen LogP contribution in [0.5, 0.6) is 0 Å². The summed E-state index contributed by atoms with van der Waals surface area (Å²) in [5, 5.41) is 0. The van der Waals surface area contributed by atoms with Gasteiger partial charge in [-0.25, -0.2) is 9.97 Å². The van der Waals surface area contributed by atoms with Gasteiger partial charge in [-0.3, -0.25) is 0 Å². The number of aromatic amines is 1. The number of H-pyrrole nitrogens is 1. The van der Waals surface area contributed by atoms with E-state index in [0.29, 0.717) is 5.95 Å². The van der Waals surface area contributed by atoms with Gasteiger partial charge in [0, 0.05) is 6.20 Å². The molecule has 0 aromatic carbocycles. The fourth-order valence-electron chi connectivity index (χ4n) is 1.55. The normalized spacial score (nSPS) is 10.9. The maximum atomic E-state index is 5.62. The van der Waals surface area contributed by atoms with Gasteiger partial charge in [0.15, 0.2) is 0 Å². The van der Waals surface area contributed by atoms with E-state index in [4.69, 9.17) is 5.73 Å². The molecule has 0 atom stereocenters. The van der Waals surface area contributed by atoms with Crippen LogP contribution < -0.4 is 5.73 Å². The van der Waals surface area contributed by atoms with E-state index >= 15 is 0 Å². The van der Waals surface area contributed by atoms with Crippen LogP contribution in [-0.4, -0.2) is 15.0 Å². The van der Waals surface area contributed by atoms with E-state index in [1.54, 1.807) is 0 Å². The van der Waals surface area contributed by atoms with Crippen LogP contribution in [0.2, 0.25) is 0 Å². The Morgan fingerprint density at radius 3 is 3.07 bits per heavy atom. The van der Waals surface area contributed by atoms with Crippen molar-refractivity contribution >= 4 is 17.0 Å². The number of aryl methyl sites for hydroxylation is 1. The molecule has 0 unspecified atom stereocenters. The first-order valence-corrected chi connectivity index (χ1v) is 4.90. The summed E-state index contributed by atoms with van der Waals surface area (Å²) >= 11 is 0. The van der Waals surface area contributed by atoms with Crippen molar-refractivity contribution in [1.82, 2.24) is 15.0 Å². The van der Waals surface area contributed by atoms with E-state index in [-0.39, 0.29) is 0 Å². The van der Waals surface area contributed by atoms with Crippen molar-refractivity contribution in [2.24, 2.45) is 0 Å². The number of nitrogen functional groups attached to an aromatic ring is 1. The Balaban J connectivity index is 2.44. The van der Waals surface area contributed by atoms with E-state index in [2.05, 4.69) is 21.9 Å². The highest BCUT2D eigenvalue weighted by atomic mass is 15.0. The molecule has 2 aromatic rings. The molecule has 0 amide bonds. The molecule has 74 valence electrons. The standard InChI is InChI=1S/C10H14N4/c1-2-3-4-7-9-8(5-6-12-9)14-10(11)13-7/h5-6,12H,2-4H2,1H3,(H2,11,13,14). The third-order valence-electron chi connectivity index (χ3n) is 2.27. The lowest BCUT2D eigenvalue weighted by Crippen LogP contribution is -2.00. The highest BCUT2D eigenvalue weighted by Crippen LogP contribution is 2.16. The molecule has 0 aliphatic rings. The molecule has 0 saturated carbocycles. The molecular weight excluding hydrogens is 176 g/mol. The van der Waals surface area contributed by atoms with Crippen molar-refractivity contribution in [3.63, 3.8) is 0 Å². The minimum atomic E-state index is 0.364. The summed E-state index contributed by atoms with van der Waals surface area (Å²) in [6, 6.07) is 1.92. The molecule has 0 radical (unpaired) electrons. The lowest BCUT2D eigenvalue weighted by molar-refractivity contribution is 0.780. The fraction of sp³-hybridized carbons (Fsp3) is 0.400. The van der Waals surface area contributed by atoms with Crippen LogP contribution in [0, 0.1) is 0 Å². The molecule has 0 spiro atoms. The van der Waals surface area contributed by atoms with E-state index < -0.39 is 0 Å². The SMILES string of the molecule is CCCCc1nc(N)nc2cc[nH]c12. The minimum absolute atomic E-state index is 0.364. The Morgan fingerprint density at radius 1 is 1.43 bits per heavy atom. The Morgan fingerprint density at radius 2 is 2.29 bits per heavy atom. The quantitative estimate of drug-likeness (QED) is 0.776. The molecule has 0 saturated heterocycles. The van der Waals surface area contributed by atoms with Crippen molar-refractivity contribution in [2.75, 3.05) is 5.73 Å². The number of rotatable bonds is 3. The highest BCUT2D eigenvalue weighted by Gasteiger charge is 2.05. The maximum absolute atomic E-state index is 5.62. The molecule has 0 bridgehead atoms. The van der Waals surface area contributed by atoms with Gasteiger partial charge in [-0.1, -0.05) is 13.3 Å². The second-order valence-corrected chi connectivity index (χ2v) is 3.37. The first-order valence-electron chi connectivity index (χ1n) is 4.90. The Kier molecular flexibility index (Phi) is 2.35. The summed E-state index contributed by atoms with van der Waals surface area (Å²) in [7, 11) is 0. The zero-order valence-corrected chi connectivity index (χ0v) is 8.25. The van der Waals surface area contributed by atoms with Gasteiger partial charge in [0.1, 0.15) is 0 Å². The van der Waals surface area contributed by atoms with Crippen molar-refractivity contribution in [2.45, 2.75) is 26.2 Å². The topological polar surface area (TPSA) is 67.6 Å². The van der Waals surface area contributed by atoms with Crippen LogP contribution >= 0.6 is 0 Å². The third-order valence-corrected chi connectivity index (χ3v) is 2.27. The van der Waals surface area contributed by atoms with Crippen molar-refractivity contribution in [1.29, 1.82) is 0 Å². The molecule has 4 heteroatoms. The van der Waals surface area contributed by atoms with E-state index in [1.807, 2.05) is 12.3 Å². The molecule has 14 heavy (non-hydrogen) atoms. The van der Waals surface area contributed by atoms with E-state index in [1.165, 1.54) is 0 Å². The fourth-order valence-corrected chi connectivity index (χ4v) is 1.55. The van der Waals surface area contributed by atoms with Crippen LogP contribution in [0.1, 0.15) is 25.5 Å². The molecule has 0 aliphatic heterocycles. The van der Waals surface area contributed by atoms with Crippen LogP contribution in [0.4, 0.5) is 5.95 Å². The number of nitrogens with two attached hydrogens (primary N) is 1. The number of unbranched alkanes of at least 4 members (excludes halogenated alkanes) is 1. The van der Waals surface area contributed by atoms with E-state index in [0.717, 1.165) is 36.0 Å². The minimum Gasteiger partial charge on any atom is -0.368 e. The van der Waals surface area contributed by atoms with E-state index in [9.17, 15) is 0 Å². The maximum Gasteiger partial charge on any atom is 0.220 e. The molecule has 2 aromatic heterocycles. The molecule has 2 rings (SSSR count). The summed E-state index contributed by atoms with van der Waals surface area (Å²) in [5.41, 5.74) is 8.57. The van der Waals surface area contributed by atoms with Crippen LogP contribution in [0.3, 0.4) is 0 Å². The first-order chi connectivity index (χ1) is 6.81. The average Bonchev–Trinajstić information content (AvgIpc) is 2.61. The Labute approximate surface area is 82.6 Å². The van der Waals surface area contributed by atoms with Crippen molar-refractivity contribution < 1.29 is 0 Å². The Bertz CT molecular complexity index is 433. The van der Waals surface area contributed by atoms with Crippen LogP contribution in [0.25, 0.3) is 11.0 Å². The predicted octanol–water partition coefficient (Wildman–Crippen LogP) is 1.88. The lowest BCUT2D eigenvalue weighted by Gasteiger charge is -2.02. The largest absolute Gasteiger partial charge is 0.368 e. The van der Waals surface area contributed by atoms with Gasteiger partial charge < -0.3 is 10.7 Å². The summed E-state index contributed by atoms with van der Waals surface area (Å²) in [4.78, 5) is 11.5. The molecule has 2 heterocycles. The monoisotopic (exact) mass is 190 g/mol. The molecule has 0 fully saturated rings. The number of hydrogen-bond donors (Lipinski definition) is 2. The van der Waals surface area contributed by atoms with Crippen molar-refractivity contribution in [3.05, 3.63) is 18.0 Å². The van der Waals surface area contributed by atoms with Crippen LogP contribution in [0.15, 0.2) is 12.3 Å². The second kappa shape index (κ2) is 3.65. The molecular formula is C10H14N4. The number of hydrogen-bond acceptors (Lipinski definition) is 3. The second-order valence-electron chi connectivity index (χ2n) is 3.37. The number of nitrogens with zero attached hydrogens (tertiary/aromatic N) is 2. The van der Waals surface area contributed by atoms with Gasteiger partial charge in [0.25, 0.3) is 0 Å². The first kappa shape index (κ1) is 8.99. The summed E-state index contributed by atoms with van der Waals surface area (Å²) < 4.78 is 0. The third kappa shape index (κ3) is 1.55. The average molecular weight is 190 g/mol. The van der Waals surface area contributed by atoms with Gasteiger partial charge in [-0.15, -0.1) is 0 Å².